The van der Waals surface area contributed by atoms with Crippen LogP contribution in [0.1, 0.15) is 31.0 Å². The molecule has 1 aliphatic heterocycles. The number of pyridine rings is 1. The molecule has 9 nitrogen and oxygen atoms in total. The molecule has 2 atom stereocenters. The third-order valence-corrected chi connectivity index (χ3v) is 6.49. The van der Waals surface area contributed by atoms with Crippen molar-refractivity contribution < 1.29 is 13.6 Å². The van der Waals surface area contributed by atoms with Crippen LogP contribution in [-0.4, -0.2) is 38.7 Å². The molecule has 5 rings (SSSR count). The minimum atomic E-state index is -0.983. The number of benzene rings is 2. The van der Waals surface area contributed by atoms with Crippen molar-refractivity contribution >= 4 is 34.3 Å². The van der Waals surface area contributed by atoms with Gasteiger partial charge in [-0.2, -0.15) is 5.10 Å². The van der Waals surface area contributed by atoms with Crippen LogP contribution in [0.3, 0.4) is 0 Å². The quantitative estimate of drug-likeness (QED) is 0.298. The number of halogens is 2. The van der Waals surface area contributed by atoms with Crippen molar-refractivity contribution in [3.05, 3.63) is 89.8 Å². The molecule has 198 valence electrons. The minimum Gasteiger partial charge on any atom is -0.384 e. The number of amidine groups is 1. The van der Waals surface area contributed by atoms with Gasteiger partial charge in [0.25, 0.3) is 5.91 Å². The van der Waals surface area contributed by atoms with Gasteiger partial charge in [-0.3, -0.25) is 14.9 Å². The van der Waals surface area contributed by atoms with E-state index in [2.05, 4.69) is 42.4 Å². The number of nitrogens with one attached hydrogen (secondary N) is 3. The number of aromatic nitrogens is 3. The van der Waals surface area contributed by atoms with Crippen LogP contribution in [0.4, 0.5) is 14.6 Å². The van der Waals surface area contributed by atoms with Gasteiger partial charge in [-0.1, -0.05) is 36.9 Å². The molecule has 2 aromatic carbocycles. The van der Waals surface area contributed by atoms with Crippen molar-refractivity contribution in [1.82, 2.24) is 25.8 Å². The predicted octanol–water partition coefficient (Wildman–Crippen LogP) is 4.21. The number of fused-ring (bicyclic) bond motifs is 1. The standard InChI is InChI=1S/C28H26F2N8O/c1-14-15(2)35-27(24(34-14)28(39)36-16(3)19-8-9-22(29)23(30)11-19)32-12-17-4-6-18(7-5-17)20-10-21-25(31)37-38-26(21)33-13-20/h4-11,13,15-16H,1,12H2,2-3H3,(H,32,35)(H,36,39)(H3,31,33,37,38). The average Bonchev–Trinajstić information content (AvgIpc) is 3.30. The summed E-state index contributed by atoms with van der Waals surface area (Å²) in [7, 11) is 0. The van der Waals surface area contributed by atoms with E-state index in [1.807, 2.05) is 37.3 Å². The minimum absolute atomic E-state index is 0.0706. The Morgan fingerprint density at radius 2 is 1.92 bits per heavy atom. The van der Waals surface area contributed by atoms with Gasteiger partial charge in [0.1, 0.15) is 5.82 Å². The second-order valence-electron chi connectivity index (χ2n) is 9.28. The molecule has 11 heteroatoms. The zero-order valence-electron chi connectivity index (χ0n) is 21.3. The molecule has 2 aromatic heterocycles. The van der Waals surface area contributed by atoms with E-state index in [1.165, 1.54) is 6.07 Å². The van der Waals surface area contributed by atoms with E-state index in [0.29, 0.717) is 35.1 Å². The molecule has 1 amide bonds. The number of amides is 1. The van der Waals surface area contributed by atoms with E-state index in [0.717, 1.165) is 34.2 Å². The van der Waals surface area contributed by atoms with Crippen LogP contribution in [0.5, 0.6) is 0 Å². The second-order valence-corrected chi connectivity index (χ2v) is 9.28. The van der Waals surface area contributed by atoms with E-state index < -0.39 is 23.6 Å². The maximum atomic E-state index is 13.7. The summed E-state index contributed by atoms with van der Waals surface area (Å²) in [5.74, 6) is -1.67. The molecule has 39 heavy (non-hydrogen) atoms. The predicted molar refractivity (Wildman–Crippen MR) is 147 cm³/mol. The number of aliphatic imine (C=N–C) groups is 2. The van der Waals surface area contributed by atoms with Crippen molar-refractivity contribution in [2.45, 2.75) is 32.5 Å². The van der Waals surface area contributed by atoms with Crippen LogP contribution in [-0.2, 0) is 11.3 Å². The van der Waals surface area contributed by atoms with Gasteiger partial charge >= 0.3 is 0 Å². The first-order valence-electron chi connectivity index (χ1n) is 12.2. The Morgan fingerprint density at radius 1 is 1.15 bits per heavy atom. The second kappa shape index (κ2) is 10.4. The normalized spacial score (nSPS) is 17.1. The number of hydrogen-bond donors (Lipinski definition) is 4. The zero-order valence-corrected chi connectivity index (χ0v) is 21.3. The summed E-state index contributed by atoms with van der Waals surface area (Å²) >= 11 is 0. The number of hydrogen-bond acceptors (Lipinski definition) is 6. The molecule has 2 unspecified atom stereocenters. The first-order valence-corrected chi connectivity index (χ1v) is 12.2. The Kier molecular flexibility index (Phi) is 6.88. The summed E-state index contributed by atoms with van der Waals surface area (Å²) in [5, 5.41) is 13.5. The highest BCUT2D eigenvalue weighted by Gasteiger charge is 2.27. The van der Waals surface area contributed by atoms with Crippen LogP contribution in [0, 0.1) is 11.6 Å². The summed E-state index contributed by atoms with van der Waals surface area (Å²) in [6.07, 6.45) is 1.74. The molecule has 4 aromatic rings. The Balaban J connectivity index is 1.32. The number of carbonyl (C=O) groups excluding carboxylic acids is 1. The number of H-pyrrole nitrogens is 1. The van der Waals surface area contributed by atoms with E-state index >= 15 is 0 Å². The van der Waals surface area contributed by atoms with Crippen molar-refractivity contribution in [2.24, 2.45) is 9.98 Å². The van der Waals surface area contributed by atoms with Gasteiger partial charge in [-0.25, -0.2) is 18.8 Å². The summed E-state index contributed by atoms with van der Waals surface area (Å²) < 4.78 is 27.0. The van der Waals surface area contributed by atoms with Gasteiger partial charge in [0.05, 0.1) is 29.7 Å². The van der Waals surface area contributed by atoms with Gasteiger partial charge in [-0.15, -0.1) is 0 Å². The summed E-state index contributed by atoms with van der Waals surface area (Å²) in [5.41, 5.74) is 10.2. The first kappa shape index (κ1) is 25.7. The van der Waals surface area contributed by atoms with E-state index in [1.54, 1.807) is 13.1 Å². The van der Waals surface area contributed by atoms with Crippen molar-refractivity contribution in [3.63, 3.8) is 0 Å². The fourth-order valence-electron chi connectivity index (χ4n) is 4.11. The summed E-state index contributed by atoms with van der Waals surface area (Å²) in [6.45, 7) is 7.73. The van der Waals surface area contributed by atoms with Crippen LogP contribution in [0.25, 0.3) is 22.2 Å². The van der Waals surface area contributed by atoms with Gasteiger partial charge < -0.3 is 16.4 Å². The van der Waals surface area contributed by atoms with Gasteiger partial charge in [0.15, 0.2) is 28.8 Å². The fourth-order valence-corrected chi connectivity index (χ4v) is 4.11. The van der Waals surface area contributed by atoms with Crippen molar-refractivity contribution in [3.8, 4) is 11.1 Å². The lowest BCUT2D eigenvalue weighted by Crippen LogP contribution is -2.49. The molecule has 0 saturated carbocycles. The van der Waals surface area contributed by atoms with Crippen LogP contribution >= 0.6 is 0 Å². The Hall–Kier alpha value is -4.93. The van der Waals surface area contributed by atoms with Crippen molar-refractivity contribution in [1.29, 1.82) is 0 Å². The maximum absolute atomic E-state index is 13.7. The van der Waals surface area contributed by atoms with E-state index in [9.17, 15) is 13.6 Å². The van der Waals surface area contributed by atoms with Crippen molar-refractivity contribution in [2.75, 3.05) is 5.73 Å². The lowest BCUT2D eigenvalue weighted by Gasteiger charge is -2.25. The van der Waals surface area contributed by atoms with E-state index in [-0.39, 0.29) is 11.8 Å². The van der Waals surface area contributed by atoms with E-state index in [4.69, 9.17) is 5.73 Å². The molecule has 5 N–H and O–H groups in total. The van der Waals surface area contributed by atoms with Crippen LogP contribution < -0.4 is 16.4 Å². The summed E-state index contributed by atoms with van der Waals surface area (Å²) in [4.78, 5) is 26.4. The number of anilines is 1. The van der Waals surface area contributed by atoms with Crippen LogP contribution in [0.2, 0.25) is 0 Å². The monoisotopic (exact) mass is 528 g/mol. The molecule has 0 bridgehead atoms. The topological polar surface area (TPSA) is 133 Å². The highest BCUT2D eigenvalue weighted by molar-refractivity contribution is 6.67. The Morgan fingerprint density at radius 3 is 2.67 bits per heavy atom. The highest BCUT2D eigenvalue weighted by atomic mass is 19.2. The summed E-state index contributed by atoms with van der Waals surface area (Å²) in [6, 6.07) is 12.4. The fraction of sp³-hybridized carbons (Fsp3) is 0.179. The van der Waals surface area contributed by atoms with Gasteiger partial charge in [-0.05, 0) is 48.7 Å². The Labute approximate surface area is 223 Å². The largest absolute Gasteiger partial charge is 0.384 e. The number of carbonyl (C=O) groups is 1. The van der Waals surface area contributed by atoms with Gasteiger partial charge in [0.2, 0.25) is 0 Å². The number of nitrogen functional groups attached to an aromatic ring is 1. The first-order chi connectivity index (χ1) is 18.7. The molecule has 0 aliphatic carbocycles. The SMILES string of the molecule is C=C1N=C(C(=O)NC(C)c2ccc(F)c(F)c2)C(=NCc2ccc(-c3cnc4n[nH]c(N)c4c3)cc2)NC1C. The molecular formula is C28H26F2N8O. The van der Waals surface area contributed by atoms with Gasteiger partial charge in [0, 0.05) is 11.8 Å². The smallest absolute Gasteiger partial charge is 0.274 e. The third-order valence-electron chi connectivity index (χ3n) is 6.49. The molecule has 0 fully saturated rings. The molecule has 0 saturated heterocycles. The molecule has 0 radical (unpaired) electrons. The molecule has 3 heterocycles. The average molecular weight is 529 g/mol. The molecule has 1 aliphatic rings. The molecule has 0 spiro atoms. The lowest BCUT2D eigenvalue weighted by molar-refractivity contribution is -0.115. The zero-order chi connectivity index (χ0) is 27.7. The number of nitrogens with two attached hydrogens (primary N) is 1. The maximum Gasteiger partial charge on any atom is 0.274 e. The highest BCUT2D eigenvalue weighted by Crippen LogP contribution is 2.25. The number of aromatic amines is 1. The Bertz CT molecular complexity index is 1640. The number of nitrogens with zero attached hydrogens (tertiary/aromatic N) is 4. The lowest BCUT2D eigenvalue weighted by atomic mass is 10.0. The number of rotatable bonds is 6. The van der Waals surface area contributed by atoms with Crippen LogP contribution in [0.15, 0.2) is 77.0 Å². The third kappa shape index (κ3) is 5.37. The molecular weight excluding hydrogens is 502 g/mol.